The van der Waals surface area contributed by atoms with E-state index in [1.807, 2.05) is 23.1 Å². The first-order valence-electron chi connectivity index (χ1n) is 8.30. The molecule has 0 aliphatic carbocycles. The van der Waals surface area contributed by atoms with Crippen LogP contribution in [0.1, 0.15) is 16.7 Å². The van der Waals surface area contributed by atoms with Gasteiger partial charge in [0.25, 0.3) is 5.91 Å². The van der Waals surface area contributed by atoms with Gasteiger partial charge in [0.2, 0.25) is 0 Å². The maximum atomic E-state index is 12.5. The summed E-state index contributed by atoms with van der Waals surface area (Å²) < 4.78 is 10.7. The molecule has 1 aliphatic rings. The van der Waals surface area contributed by atoms with Crippen LogP contribution in [0.15, 0.2) is 65.5 Å². The van der Waals surface area contributed by atoms with Crippen molar-refractivity contribution in [2.24, 2.45) is 0 Å². The van der Waals surface area contributed by atoms with Gasteiger partial charge >= 0.3 is 0 Å². The molecule has 126 valence electrons. The molecular weight excluding hydrogens is 314 g/mol. The highest BCUT2D eigenvalue weighted by Gasteiger charge is 2.23. The van der Waals surface area contributed by atoms with Crippen LogP contribution in [0.5, 0.6) is 0 Å². The summed E-state index contributed by atoms with van der Waals surface area (Å²) >= 11 is 0. The van der Waals surface area contributed by atoms with Crippen molar-refractivity contribution in [3.05, 3.63) is 77.7 Å². The van der Waals surface area contributed by atoms with Crippen molar-refractivity contribution in [3.63, 3.8) is 0 Å². The zero-order valence-corrected chi connectivity index (χ0v) is 14.1. The summed E-state index contributed by atoms with van der Waals surface area (Å²) in [6, 6.07) is 16.3. The fourth-order valence-corrected chi connectivity index (χ4v) is 3.08. The molecule has 1 aromatic heterocycles. The van der Waals surface area contributed by atoms with Crippen LogP contribution in [0.2, 0.25) is 0 Å². The maximum absolute atomic E-state index is 12.5. The van der Waals surface area contributed by atoms with Gasteiger partial charge in [-0.1, -0.05) is 35.9 Å². The molecule has 0 saturated carbocycles. The van der Waals surface area contributed by atoms with Crippen molar-refractivity contribution in [2.45, 2.75) is 20.1 Å². The lowest BCUT2D eigenvalue weighted by molar-refractivity contribution is -0.123. The fraction of sp³-hybridized carbons (Fsp3) is 0.190. The molecule has 0 spiro atoms. The highest BCUT2D eigenvalue weighted by molar-refractivity contribution is 5.95. The molecule has 0 unspecified atom stereocenters. The number of hydrogen-bond acceptors (Lipinski definition) is 3. The van der Waals surface area contributed by atoms with Crippen LogP contribution in [0.3, 0.4) is 0 Å². The van der Waals surface area contributed by atoms with E-state index < -0.39 is 0 Å². The predicted molar refractivity (Wildman–Crippen MR) is 96.2 cm³/mol. The molecule has 2 heterocycles. The van der Waals surface area contributed by atoms with E-state index in [0.29, 0.717) is 13.2 Å². The molecule has 4 heteroatoms. The topological polar surface area (TPSA) is 42.7 Å². The molecule has 0 fully saturated rings. The van der Waals surface area contributed by atoms with Crippen molar-refractivity contribution < 1.29 is 13.9 Å². The van der Waals surface area contributed by atoms with Crippen LogP contribution >= 0.6 is 0 Å². The highest BCUT2D eigenvalue weighted by atomic mass is 16.5. The molecule has 1 amide bonds. The van der Waals surface area contributed by atoms with E-state index in [4.69, 9.17) is 9.15 Å². The second kappa shape index (κ2) is 6.57. The zero-order valence-electron chi connectivity index (χ0n) is 14.1. The van der Waals surface area contributed by atoms with E-state index in [1.165, 1.54) is 5.56 Å². The van der Waals surface area contributed by atoms with E-state index in [9.17, 15) is 4.79 Å². The zero-order chi connectivity index (χ0) is 17.2. The average molecular weight is 333 g/mol. The number of ether oxygens (including phenoxy) is 1. The Kier molecular flexibility index (Phi) is 4.12. The second-order valence-corrected chi connectivity index (χ2v) is 6.31. The second-order valence-electron chi connectivity index (χ2n) is 6.31. The molecule has 25 heavy (non-hydrogen) atoms. The molecule has 0 N–H and O–H groups in total. The summed E-state index contributed by atoms with van der Waals surface area (Å²) in [5.74, 6) is -0.0182. The minimum Gasteiger partial charge on any atom is -0.472 e. The molecule has 0 bridgehead atoms. The number of carbonyl (C=O) groups is 1. The van der Waals surface area contributed by atoms with Gasteiger partial charge in [-0.3, -0.25) is 4.79 Å². The number of fused-ring (bicyclic) bond motifs is 1. The largest absolute Gasteiger partial charge is 0.472 e. The third-order valence-corrected chi connectivity index (χ3v) is 4.47. The summed E-state index contributed by atoms with van der Waals surface area (Å²) in [6.07, 6.45) is 3.37. The van der Waals surface area contributed by atoms with E-state index in [2.05, 4.69) is 37.3 Å². The van der Waals surface area contributed by atoms with E-state index in [-0.39, 0.29) is 12.5 Å². The summed E-state index contributed by atoms with van der Waals surface area (Å²) in [5, 5.41) is 0. The normalized spacial score (nSPS) is 14.3. The SMILES string of the molecule is Cc1ccc(CN2C(=O)COCc3cc(-c4ccoc4)ccc32)cc1. The van der Waals surface area contributed by atoms with E-state index in [1.54, 1.807) is 12.5 Å². The van der Waals surface area contributed by atoms with Gasteiger partial charge in [0.05, 0.1) is 25.7 Å². The Morgan fingerprint density at radius 2 is 1.84 bits per heavy atom. The molecule has 2 aromatic carbocycles. The summed E-state index contributed by atoms with van der Waals surface area (Å²) in [5.41, 5.74) is 6.31. The molecule has 0 saturated heterocycles. The number of amides is 1. The summed E-state index contributed by atoms with van der Waals surface area (Å²) in [6.45, 7) is 3.13. The van der Waals surface area contributed by atoms with Gasteiger partial charge in [-0.15, -0.1) is 0 Å². The molecule has 3 aromatic rings. The number of benzene rings is 2. The van der Waals surface area contributed by atoms with Crippen molar-refractivity contribution in [1.29, 1.82) is 0 Å². The van der Waals surface area contributed by atoms with Crippen LogP contribution in [0.4, 0.5) is 5.69 Å². The maximum Gasteiger partial charge on any atom is 0.253 e. The monoisotopic (exact) mass is 333 g/mol. The van der Waals surface area contributed by atoms with Gasteiger partial charge in [-0.05, 0) is 36.2 Å². The Balaban J connectivity index is 1.70. The van der Waals surface area contributed by atoms with Crippen molar-refractivity contribution in [3.8, 4) is 11.1 Å². The van der Waals surface area contributed by atoms with Crippen molar-refractivity contribution in [1.82, 2.24) is 0 Å². The number of rotatable bonds is 3. The Hall–Kier alpha value is -2.85. The Labute approximate surface area is 146 Å². The third-order valence-electron chi connectivity index (χ3n) is 4.47. The van der Waals surface area contributed by atoms with Crippen LogP contribution in [0, 0.1) is 6.92 Å². The highest BCUT2D eigenvalue weighted by Crippen LogP contribution is 2.31. The first-order chi connectivity index (χ1) is 12.2. The van der Waals surface area contributed by atoms with Gasteiger partial charge < -0.3 is 14.1 Å². The number of aryl methyl sites for hydroxylation is 1. The molecule has 0 radical (unpaired) electrons. The number of nitrogens with zero attached hydrogens (tertiary/aromatic N) is 1. The van der Waals surface area contributed by atoms with Crippen LogP contribution in [0.25, 0.3) is 11.1 Å². The van der Waals surface area contributed by atoms with Crippen LogP contribution in [-0.2, 0) is 22.7 Å². The standard InChI is InChI=1S/C21H19NO3/c1-15-2-4-16(5-3-15)11-22-20-7-6-17(18-8-9-24-12-18)10-19(20)13-25-14-21(22)23/h2-10,12H,11,13-14H2,1H3. The molecule has 4 rings (SSSR count). The van der Waals surface area contributed by atoms with Gasteiger partial charge in [0, 0.05) is 16.8 Å². The predicted octanol–water partition coefficient (Wildman–Crippen LogP) is 4.32. The number of anilines is 1. The lowest BCUT2D eigenvalue weighted by Gasteiger charge is -2.23. The van der Waals surface area contributed by atoms with E-state index in [0.717, 1.165) is 27.9 Å². The molecule has 4 nitrogen and oxygen atoms in total. The Morgan fingerprint density at radius 3 is 2.60 bits per heavy atom. The van der Waals surface area contributed by atoms with Gasteiger partial charge in [0.15, 0.2) is 0 Å². The number of furan rings is 1. The number of hydrogen-bond donors (Lipinski definition) is 0. The van der Waals surface area contributed by atoms with Gasteiger partial charge in [-0.25, -0.2) is 0 Å². The van der Waals surface area contributed by atoms with Crippen LogP contribution in [-0.4, -0.2) is 12.5 Å². The fourth-order valence-electron chi connectivity index (χ4n) is 3.08. The van der Waals surface area contributed by atoms with Gasteiger partial charge in [-0.2, -0.15) is 0 Å². The number of carbonyl (C=O) groups excluding carboxylic acids is 1. The lowest BCUT2D eigenvalue weighted by Crippen LogP contribution is -2.32. The first-order valence-corrected chi connectivity index (χ1v) is 8.30. The molecule has 1 aliphatic heterocycles. The third kappa shape index (κ3) is 3.21. The first kappa shape index (κ1) is 15.7. The lowest BCUT2D eigenvalue weighted by atomic mass is 10.0. The minimum atomic E-state index is -0.0182. The minimum absolute atomic E-state index is 0.0182. The molecule has 0 atom stereocenters. The quantitative estimate of drug-likeness (QED) is 0.717. The summed E-state index contributed by atoms with van der Waals surface area (Å²) in [7, 11) is 0. The van der Waals surface area contributed by atoms with Crippen molar-refractivity contribution >= 4 is 11.6 Å². The summed E-state index contributed by atoms with van der Waals surface area (Å²) in [4.78, 5) is 14.4. The Morgan fingerprint density at radius 1 is 1.00 bits per heavy atom. The van der Waals surface area contributed by atoms with Crippen molar-refractivity contribution in [2.75, 3.05) is 11.5 Å². The average Bonchev–Trinajstić information content (AvgIpc) is 3.11. The molecular formula is C21H19NO3. The van der Waals surface area contributed by atoms with Gasteiger partial charge in [0.1, 0.15) is 6.61 Å². The smallest absolute Gasteiger partial charge is 0.253 e. The van der Waals surface area contributed by atoms with E-state index >= 15 is 0 Å². The Bertz CT molecular complexity index is 882. The van der Waals surface area contributed by atoms with Crippen LogP contribution < -0.4 is 4.90 Å².